The molecule has 19 heavy (non-hydrogen) atoms. The third-order valence-electron chi connectivity index (χ3n) is 2.15. The zero-order chi connectivity index (χ0) is 14.3. The number of benzene rings is 1. The predicted molar refractivity (Wildman–Crippen MR) is 72.0 cm³/mol. The van der Waals surface area contributed by atoms with E-state index >= 15 is 0 Å². The molecule has 2 amide bonds. The molecular formula is C12H11Cl2N3O2. The second kappa shape index (κ2) is 7.62. The van der Waals surface area contributed by atoms with Crippen molar-refractivity contribution in [2.24, 2.45) is 0 Å². The van der Waals surface area contributed by atoms with Gasteiger partial charge in [0.1, 0.15) is 6.42 Å². The summed E-state index contributed by atoms with van der Waals surface area (Å²) < 4.78 is 0. The first kappa shape index (κ1) is 15.3. The van der Waals surface area contributed by atoms with Crippen LogP contribution in [0.4, 0.5) is 0 Å². The van der Waals surface area contributed by atoms with E-state index in [0.717, 1.165) is 0 Å². The molecule has 100 valence electrons. The first-order valence-electron chi connectivity index (χ1n) is 5.41. The van der Waals surface area contributed by atoms with E-state index in [1.807, 2.05) is 0 Å². The summed E-state index contributed by atoms with van der Waals surface area (Å²) in [4.78, 5) is 22.7. The van der Waals surface area contributed by atoms with Crippen molar-refractivity contribution >= 4 is 35.0 Å². The highest BCUT2D eigenvalue weighted by molar-refractivity contribution is 6.36. The van der Waals surface area contributed by atoms with Gasteiger partial charge in [0, 0.05) is 18.1 Å². The van der Waals surface area contributed by atoms with Crippen LogP contribution in [0.5, 0.6) is 0 Å². The average molecular weight is 300 g/mol. The van der Waals surface area contributed by atoms with Gasteiger partial charge < -0.3 is 10.6 Å². The van der Waals surface area contributed by atoms with E-state index in [2.05, 4.69) is 10.6 Å². The Bertz CT molecular complexity index is 526. The van der Waals surface area contributed by atoms with Crippen molar-refractivity contribution in [1.82, 2.24) is 10.6 Å². The number of nitriles is 1. The molecule has 0 bridgehead atoms. The van der Waals surface area contributed by atoms with Gasteiger partial charge in [-0.15, -0.1) is 0 Å². The van der Waals surface area contributed by atoms with E-state index in [9.17, 15) is 9.59 Å². The molecule has 0 saturated heterocycles. The van der Waals surface area contributed by atoms with Crippen LogP contribution in [0.1, 0.15) is 16.8 Å². The SMILES string of the molecule is N#CCC(=O)NCCNC(=O)c1ccc(Cl)cc1Cl. The fourth-order valence-corrected chi connectivity index (χ4v) is 1.78. The highest BCUT2D eigenvalue weighted by Gasteiger charge is 2.10. The quantitative estimate of drug-likeness (QED) is 0.813. The molecule has 5 nitrogen and oxygen atoms in total. The van der Waals surface area contributed by atoms with Gasteiger partial charge in [-0.1, -0.05) is 23.2 Å². The van der Waals surface area contributed by atoms with Crippen LogP contribution < -0.4 is 10.6 Å². The van der Waals surface area contributed by atoms with Gasteiger partial charge in [0.2, 0.25) is 5.91 Å². The lowest BCUT2D eigenvalue weighted by Crippen LogP contribution is -2.34. The largest absolute Gasteiger partial charge is 0.353 e. The summed E-state index contributed by atoms with van der Waals surface area (Å²) in [5.74, 6) is -0.725. The van der Waals surface area contributed by atoms with Crippen LogP contribution in [-0.2, 0) is 4.79 Å². The van der Waals surface area contributed by atoms with Crippen molar-refractivity contribution in [3.63, 3.8) is 0 Å². The molecule has 1 rings (SSSR count). The number of hydrogen-bond acceptors (Lipinski definition) is 3. The Kier molecular flexibility index (Phi) is 6.13. The van der Waals surface area contributed by atoms with Crippen molar-refractivity contribution < 1.29 is 9.59 Å². The Morgan fingerprint density at radius 1 is 1.21 bits per heavy atom. The smallest absolute Gasteiger partial charge is 0.252 e. The molecule has 2 N–H and O–H groups in total. The highest BCUT2D eigenvalue weighted by Crippen LogP contribution is 2.20. The number of hydrogen-bond donors (Lipinski definition) is 2. The van der Waals surface area contributed by atoms with Gasteiger partial charge in [0.25, 0.3) is 5.91 Å². The fourth-order valence-electron chi connectivity index (χ4n) is 1.28. The lowest BCUT2D eigenvalue weighted by atomic mass is 10.2. The van der Waals surface area contributed by atoms with E-state index in [1.54, 1.807) is 12.1 Å². The van der Waals surface area contributed by atoms with E-state index in [-0.39, 0.29) is 36.3 Å². The van der Waals surface area contributed by atoms with Crippen molar-refractivity contribution in [3.05, 3.63) is 33.8 Å². The molecular weight excluding hydrogens is 289 g/mol. The maximum Gasteiger partial charge on any atom is 0.252 e. The van der Waals surface area contributed by atoms with Crippen molar-refractivity contribution in [1.29, 1.82) is 5.26 Å². The highest BCUT2D eigenvalue weighted by atomic mass is 35.5. The van der Waals surface area contributed by atoms with Crippen LogP contribution in [0.25, 0.3) is 0 Å². The first-order valence-corrected chi connectivity index (χ1v) is 6.17. The zero-order valence-electron chi connectivity index (χ0n) is 9.87. The standard InChI is InChI=1S/C12H11Cl2N3O2/c13-8-1-2-9(10(14)7-8)12(19)17-6-5-16-11(18)3-4-15/h1-2,7H,3,5-6H2,(H,16,18)(H,17,19). The van der Waals surface area contributed by atoms with Crippen LogP contribution in [-0.4, -0.2) is 24.9 Å². The molecule has 0 aliphatic carbocycles. The summed E-state index contributed by atoms with van der Waals surface area (Å²) in [5.41, 5.74) is 0.314. The monoisotopic (exact) mass is 299 g/mol. The normalized spacial score (nSPS) is 9.53. The summed E-state index contributed by atoms with van der Waals surface area (Å²) >= 11 is 11.6. The maximum atomic E-state index is 11.7. The first-order chi connectivity index (χ1) is 9.04. The minimum absolute atomic E-state index is 0.197. The molecule has 0 radical (unpaired) electrons. The summed E-state index contributed by atoms with van der Waals surface area (Å²) in [6.07, 6.45) is -0.197. The Labute approximate surface area is 120 Å². The van der Waals surface area contributed by atoms with Gasteiger partial charge in [-0.25, -0.2) is 0 Å². The molecule has 1 aromatic rings. The molecule has 0 atom stereocenters. The number of nitrogens with one attached hydrogen (secondary N) is 2. The van der Waals surface area contributed by atoms with Crippen LogP contribution >= 0.6 is 23.2 Å². The molecule has 0 aliphatic heterocycles. The third-order valence-corrected chi connectivity index (χ3v) is 2.70. The second-order valence-electron chi connectivity index (χ2n) is 3.56. The van der Waals surface area contributed by atoms with Crippen LogP contribution in [0, 0.1) is 11.3 Å². The molecule has 0 unspecified atom stereocenters. The van der Waals surface area contributed by atoms with Crippen molar-refractivity contribution in [3.8, 4) is 6.07 Å². The van der Waals surface area contributed by atoms with Gasteiger partial charge >= 0.3 is 0 Å². The molecule has 0 spiro atoms. The van der Waals surface area contributed by atoms with E-state index in [0.29, 0.717) is 10.6 Å². The number of amides is 2. The Morgan fingerprint density at radius 3 is 2.53 bits per heavy atom. The van der Waals surface area contributed by atoms with Gasteiger partial charge in [-0.05, 0) is 18.2 Å². The molecule has 0 aliphatic rings. The molecule has 0 aromatic heterocycles. The average Bonchev–Trinajstić information content (AvgIpc) is 2.34. The molecule has 0 heterocycles. The molecule has 7 heteroatoms. The van der Waals surface area contributed by atoms with Gasteiger partial charge in [0.15, 0.2) is 0 Å². The Morgan fingerprint density at radius 2 is 1.89 bits per heavy atom. The summed E-state index contributed by atoms with van der Waals surface area (Å²) in [5, 5.41) is 14.1. The number of nitrogens with zero attached hydrogens (tertiary/aromatic N) is 1. The molecule has 0 saturated carbocycles. The second-order valence-corrected chi connectivity index (χ2v) is 4.41. The number of carbonyl (C=O) groups excluding carboxylic acids is 2. The van der Waals surface area contributed by atoms with E-state index in [4.69, 9.17) is 28.5 Å². The van der Waals surface area contributed by atoms with Gasteiger partial charge in [-0.3, -0.25) is 9.59 Å². The van der Waals surface area contributed by atoms with Crippen LogP contribution in [0.3, 0.4) is 0 Å². The minimum atomic E-state index is -0.374. The van der Waals surface area contributed by atoms with Crippen LogP contribution in [0.15, 0.2) is 18.2 Å². The van der Waals surface area contributed by atoms with Gasteiger partial charge in [0.05, 0.1) is 16.7 Å². The van der Waals surface area contributed by atoms with Crippen LogP contribution in [0.2, 0.25) is 10.0 Å². The number of carbonyl (C=O) groups is 2. The fraction of sp³-hybridized carbons (Fsp3) is 0.250. The number of rotatable bonds is 5. The zero-order valence-corrected chi connectivity index (χ0v) is 11.4. The van der Waals surface area contributed by atoms with Crippen molar-refractivity contribution in [2.75, 3.05) is 13.1 Å². The number of halogens is 2. The third kappa shape index (κ3) is 5.16. The summed E-state index contributed by atoms with van der Waals surface area (Å²) in [6, 6.07) is 6.29. The lowest BCUT2D eigenvalue weighted by molar-refractivity contribution is -0.120. The Hall–Kier alpha value is -1.77. The van der Waals surface area contributed by atoms with Gasteiger partial charge in [-0.2, -0.15) is 5.26 Å². The minimum Gasteiger partial charge on any atom is -0.353 e. The molecule has 0 fully saturated rings. The predicted octanol–water partition coefficient (Wildman–Crippen LogP) is 1.75. The van der Waals surface area contributed by atoms with Crippen molar-refractivity contribution in [2.45, 2.75) is 6.42 Å². The van der Waals surface area contributed by atoms with E-state index < -0.39 is 0 Å². The lowest BCUT2D eigenvalue weighted by Gasteiger charge is -2.07. The molecule has 1 aromatic carbocycles. The maximum absolute atomic E-state index is 11.7. The summed E-state index contributed by atoms with van der Waals surface area (Å²) in [6.45, 7) is 0.492. The topological polar surface area (TPSA) is 82.0 Å². The summed E-state index contributed by atoms with van der Waals surface area (Å²) in [7, 11) is 0. The van der Waals surface area contributed by atoms with E-state index in [1.165, 1.54) is 12.1 Å². The Balaban J connectivity index is 2.40.